The Hall–Kier alpha value is -3.41. The van der Waals surface area contributed by atoms with Crippen LogP contribution in [-0.2, 0) is 11.0 Å². The van der Waals surface area contributed by atoms with Gasteiger partial charge >= 0.3 is 6.18 Å². The lowest BCUT2D eigenvalue weighted by Crippen LogP contribution is -2.09. The maximum absolute atomic E-state index is 12.9. The summed E-state index contributed by atoms with van der Waals surface area (Å²) in [6.45, 7) is 21.0. The normalized spacial score (nSPS) is 13.1. The van der Waals surface area contributed by atoms with Crippen molar-refractivity contribution in [2.45, 2.75) is 59.1 Å². The minimum atomic E-state index is -4.54. The summed E-state index contributed by atoms with van der Waals surface area (Å²) in [6, 6.07) is 2.14. The van der Waals surface area contributed by atoms with Gasteiger partial charge in [0.25, 0.3) is 0 Å². The first-order chi connectivity index (χ1) is 16.4. The molecule has 0 saturated carbocycles. The predicted octanol–water partition coefficient (Wildman–Crippen LogP) is 8.65. The molecule has 0 aliphatic heterocycles. The Morgan fingerprint density at radius 3 is 2.31 bits per heavy atom. The monoisotopic (exact) mass is 485 g/mol. The van der Waals surface area contributed by atoms with Gasteiger partial charge < -0.3 is 4.74 Å². The van der Waals surface area contributed by atoms with Gasteiger partial charge in [0.15, 0.2) is 5.78 Å². The van der Waals surface area contributed by atoms with Crippen LogP contribution in [0.1, 0.15) is 58.6 Å². The highest BCUT2D eigenvalue weighted by Gasteiger charge is 2.32. The molecule has 0 atom stereocenters. The molecule has 0 radical (unpaired) electrons. The van der Waals surface area contributed by atoms with Gasteiger partial charge in [0.2, 0.25) is 0 Å². The first-order valence-electron chi connectivity index (χ1n) is 11.3. The number of ketones is 1. The Bertz CT molecular complexity index is 1040. The zero-order valence-electron chi connectivity index (χ0n) is 20.8. The molecule has 0 bridgehead atoms. The molecule has 0 N–H and O–H groups in total. The fourth-order valence-corrected chi connectivity index (χ4v) is 3.10. The van der Waals surface area contributed by atoms with Gasteiger partial charge in [-0.05, 0) is 62.5 Å². The van der Waals surface area contributed by atoms with Crippen molar-refractivity contribution in [2.24, 2.45) is 0 Å². The van der Waals surface area contributed by atoms with Crippen LogP contribution < -0.4 is 4.74 Å². The Morgan fingerprint density at radius 2 is 1.83 bits per heavy atom. The zero-order valence-corrected chi connectivity index (χ0v) is 20.8. The average Bonchev–Trinajstić information content (AvgIpc) is 2.80. The van der Waals surface area contributed by atoms with E-state index in [2.05, 4.69) is 31.3 Å². The van der Waals surface area contributed by atoms with Gasteiger partial charge in [0.1, 0.15) is 17.2 Å². The van der Waals surface area contributed by atoms with Gasteiger partial charge in [-0.15, -0.1) is 6.58 Å². The number of nitrogens with zero attached hydrogens (tertiary/aromatic N) is 1. The van der Waals surface area contributed by atoms with E-state index in [0.29, 0.717) is 25.0 Å². The molecule has 6 heteroatoms. The van der Waals surface area contributed by atoms with Crippen molar-refractivity contribution in [2.75, 3.05) is 0 Å². The van der Waals surface area contributed by atoms with Gasteiger partial charge in [-0.2, -0.15) is 13.2 Å². The number of rotatable bonds is 14. The third kappa shape index (κ3) is 9.77. The van der Waals surface area contributed by atoms with E-state index < -0.39 is 11.9 Å². The Kier molecular flexibility index (Phi) is 11.9. The van der Waals surface area contributed by atoms with Gasteiger partial charge in [0.05, 0.1) is 6.20 Å². The average molecular weight is 486 g/mol. The highest BCUT2D eigenvalue weighted by Crippen LogP contribution is 2.33. The van der Waals surface area contributed by atoms with Crippen molar-refractivity contribution in [1.82, 2.24) is 4.98 Å². The number of hydrogen-bond donors (Lipinski definition) is 0. The maximum Gasteiger partial charge on any atom is 0.433 e. The molecule has 1 aromatic heterocycles. The smallest absolute Gasteiger partial charge is 0.433 e. The topological polar surface area (TPSA) is 39.2 Å². The van der Waals surface area contributed by atoms with Crippen LogP contribution >= 0.6 is 0 Å². The van der Waals surface area contributed by atoms with Crippen LogP contribution in [0.3, 0.4) is 0 Å². The van der Waals surface area contributed by atoms with E-state index in [0.717, 1.165) is 46.5 Å². The van der Waals surface area contributed by atoms with Crippen molar-refractivity contribution in [3.63, 3.8) is 0 Å². The van der Waals surface area contributed by atoms with E-state index >= 15 is 0 Å². The molecule has 0 saturated heterocycles. The van der Waals surface area contributed by atoms with Crippen molar-refractivity contribution < 1.29 is 22.7 Å². The van der Waals surface area contributed by atoms with Crippen molar-refractivity contribution in [3.05, 3.63) is 108 Å². The lowest BCUT2D eigenvalue weighted by atomic mass is 9.92. The Balaban J connectivity index is 3.52. The predicted molar refractivity (Wildman–Crippen MR) is 137 cm³/mol. The fourth-order valence-electron chi connectivity index (χ4n) is 3.10. The highest BCUT2D eigenvalue weighted by atomic mass is 19.4. The molecule has 1 aromatic rings. The van der Waals surface area contributed by atoms with Crippen molar-refractivity contribution >= 4 is 5.78 Å². The third-order valence-corrected chi connectivity index (χ3v) is 5.12. The number of pyridine rings is 1. The van der Waals surface area contributed by atoms with Crippen LogP contribution in [0, 0.1) is 0 Å². The molecule has 0 aliphatic rings. The summed E-state index contributed by atoms with van der Waals surface area (Å²) in [5, 5.41) is 0. The first kappa shape index (κ1) is 29.6. The molecule has 3 nitrogen and oxygen atoms in total. The van der Waals surface area contributed by atoms with Crippen LogP contribution in [0.5, 0.6) is 5.75 Å². The second kappa shape index (κ2) is 14.1. The molecule has 1 rings (SSSR count). The lowest BCUT2D eigenvalue weighted by molar-refractivity contribution is -0.141. The van der Waals surface area contributed by atoms with Gasteiger partial charge in [-0.3, -0.25) is 4.79 Å². The molecule has 0 aromatic carbocycles. The number of halogens is 3. The van der Waals surface area contributed by atoms with Gasteiger partial charge in [-0.1, -0.05) is 62.5 Å². The number of allylic oxidation sites excluding steroid dienone is 8. The number of aromatic nitrogens is 1. The molecule has 188 valence electrons. The molecule has 0 spiro atoms. The van der Waals surface area contributed by atoms with E-state index in [4.69, 9.17) is 4.74 Å². The summed E-state index contributed by atoms with van der Waals surface area (Å²) >= 11 is 0. The van der Waals surface area contributed by atoms with Crippen molar-refractivity contribution in [3.8, 4) is 5.75 Å². The molecule has 0 fully saturated rings. The summed E-state index contributed by atoms with van der Waals surface area (Å²) < 4.78 is 45.0. The van der Waals surface area contributed by atoms with Crippen molar-refractivity contribution in [1.29, 1.82) is 0 Å². The molecular formula is C29H34F3NO2. The molecule has 35 heavy (non-hydrogen) atoms. The number of carbonyl (C=O) groups is 1. The number of carbonyl (C=O) groups excluding carboxylic acids is 1. The summed E-state index contributed by atoms with van der Waals surface area (Å²) in [7, 11) is 0. The molecule has 0 aliphatic carbocycles. The van der Waals surface area contributed by atoms with Crippen LogP contribution in [-0.4, -0.2) is 10.8 Å². The standard InChI is InChI=1S/C29H34F3NO2/c1-8-11-13-26(23(12-9-2)15-14-21(6)18-24(34)10-3)28(22(7)20(4)5)35-25-16-17-27(33-19-25)29(30,31)32/h8,10,13,15-17,19H,1,3-4,6,9,11-12,14,18H2,2,5,7H3/b23-15+,26-13-,28-22+. The third-order valence-electron chi connectivity index (χ3n) is 5.12. The quantitative estimate of drug-likeness (QED) is 0.115. The summed E-state index contributed by atoms with van der Waals surface area (Å²) in [6.07, 6.45) is 6.34. The minimum Gasteiger partial charge on any atom is -0.455 e. The maximum atomic E-state index is 12.9. The van der Waals surface area contributed by atoms with Crippen LogP contribution in [0.25, 0.3) is 0 Å². The minimum absolute atomic E-state index is 0.0975. The van der Waals surface area contributed by atoms with Gasteiger partial charge in [-0.25, -0.2) is 4.98 Å². The van der Waals surface area contributed by atoms with E-state index in [9.17, 15) is 18.0 Å². The van der Waals surface area contributed by atoms with E-state index in [1.54, 1.807) is 6.08 Å². The number of hydrogen-bond acceptors (Lipinski definition) is 3. The first-order valence-corrected chi connectivity index (χ1v) is 11.3. The largest absolute Gasteiger partial charge is 0.455 e. The molecule has 0 amide bonds. The summed E-state index contributed by atoms with van der Waals surface area (Å²) in [5.41, 5.74) is 3.02. The number of ether oxygens (including phenoxy) is 1. The van der Waals surface area contributed by atoms with Gasteiger partial charge in [0, 0.05) is 12.0 Å². The summed E-state index contributed by atoms with van der Waals surface area (Å²) in [4.78, 5) is 15.2. The van der Waals surface area contributed by atoms with E-state index in [1.807, 2.05) is 32.9 Å². The SMILES string of the molecule is C=CC/C=C(C(=C/CC(=C)CC(=O)C=C)/CCC)\C(Oc1ccc(C(F)(F)F)nc1)=C(\C)C(=C)C. The van der Waals surface area contributed by atoms with E-state index in [1.165, 1.54) is 12.1 Å². The molecule has 1 heterocycles. The zero-order chi connectivity index (χ0) is 26.6. The molecule has 0 unspecified atom stereocenters. The van der Waals surface area contributed by atoms with Crippen LogP contribution in [0.2, 0.25) is 0 Å². The Labute approximate surface area is 206 Å². The van der Waals surface area contributed by atoms with Crippen LogP contribution in [0.15, 0.2) is 103 Å². The molecular weight excluding hydrogens is 451 g/mol. The Morgan fingerprint density at radius 1 is 1.14 bits per heavy atom. The number of alkyl halides is 3. The summed E-state index contributed by atoms with van der Waals surface area (Å²) in [5.74, 6) is 0.558. The lowest BCUT2D eigenvalue weighted by Gasteiger charge is -2.20. The highest BCUT2D eigenvalue weighted by molar-refractivity contribution is 5.90. The van der Waals surface area contributed by atoms with E-state index in [-0.39, 0.29) is 18.0 Å². The second-order valence-corrected chi connectivity index (χ2v) is 8.14. The fraction of sp³-hybridized carbons (Fsp3) is 0.310. The van der Waals surface area contributed by atoms with Crippen LogP contribution in [0.4, 0.5) is 13.2 Å². The second-order valence-electron chi connectivity index (χ2n) is 8.14.